The molecule has 6 nitrogen and oxygen atoms in total. The molecule has 1 atom stereocenters. The van der Waals surface area contributed by atoms with Gasteiger partial charge >= 0.3 is 18.4 Å². The smallest absolute Gasteiger partial charge is 0.277 e. The van der Waals surface area contributed by atoms with Crippen molar-refractivity contribution in [1.29, 1.82) is 0 Å². The van der Waals surface area contributed by atoms with E-state index in [0.29, 0.717) is 4.90 Å². The maximum atomic E-state index is 14.4. The van der Waals surface area contributed by atoms with Gasteiger partial charge in [0.1, 0.15) is 17.6 Å². The Morgan fingerprint density at radius 3 is 2.09 bits per heavy atom. The first-order valence-corrected chi connectivity index (χ1v) is 9.63. The van der Waals surface area contributed by atoms with Gasteiger partial charge < -0.3 is 0 Å². The van der Waals surface area contributed by atoms with Crippen molar-refractivity contribution < 1.29 is 40.3 Å². The molecule has 4 rings (SSSR count). The van der Waals surface area contributed by atoms with Gasteiger partial charge in [-0.3, -0.25) is 10.1 Å². The van der Waals surface area contributed by atoms with E-state index >= 15 is 0 Å². The second-order valence-corrected chi connectivity index (χ2v) is 7.62. The van der Waals surface area contributed by atoms with Crippen molar-refractivity contribution >= 4 is 40.9 Å². The Morgan fingerprint density at radius 2 is 1.53 bits per heavy atom. The Balaban J connectivity index is 2.07. The molecule has 178 valence electrons. The number of imide groups is 1. The topological polar surface area (TPSA) is 74.1 Å². The highest BCUT2D eigenvalue weighted by Crippen LogP contribution is 2.53. The number of rotatable bonds is 2. The van der Waals surface area contributed by atoms with Crippen LogP contribution in [-0.2, 0) is 4.79 Å². The quantitative estimate of drug-likeness (QED) is 0.590. The molecule has 3 amide bonds. The van der Waals surface area contributed by atoms with Gasteiger partial charge in [0.2, 0.25) is 5.91 Å². The molecule has 2 aliphatic rings. The van der Waals surface area contributed by atoms with Crippen molar-refractivity contribution in [2.45, 2.75) is 17.9 Å². The monoisotopic (exact) mass is 506 g/mol. The van der Waals surface area contributed by atoms with E-state index in [4.69, 9.17) is 11.6 Å². The number of amidine groups is 2. The number of hydrogen-bond acceptors (Lipinski definition) is 4. The number of halogens is 8. The number of aliphatic imine (C=N–C) groups is 2. The molecule has 0 radical (unpaired) electrons. The molecule has 1 saturated heterocycles. The zero-order valence-electron chi connectivity index (χ0n) is 16.4. The molecule has 14 heteroatoms. The van der Waals surface area contributed by atoms with Gasteiger partial charge in [-0.2, -0.15) is 26.3 Å². The number of nitrogens with one attached hydrogen (secondary N) is 1. The number of fused-ring (bicyclic) bond motifs is 1. The molecule has 34 heavy (non-hydrogen) atoms. The van der Waals surface area contributed by atoms with Crippen LogP contribution in [0.1, 0.15) is 5.56 Å². The van der Waals surface area contributed by atoms with Crippen LogP contribution >= 0.6 is 11.6 Å². The molecule has 2 aliphatic heterocycles. The molecule has 1 N–H and O–H groups in total. The van der Waals surface area contributed by atoms with Crippen molar-refractivity contribution in [1.82, 2.24) is 5.32 Å². The molecule has 0 spiro atoms. The minimum absolute atomic E-state index is 0.146. The Bertz CT molecular complexity index is 1220. The lowest BCUT2D eigenvalue weighted by atomic mass is 9.78. The SMILES string of the molecule is O=C1NC(=O)N(c2ccc(Cl)cc2)C2=NC(c3ccccc3F)=NC(C(F)(F)F)(C(F)(F)F)C12. The zero-order chi connectivity index (χ0) is 25.1. The molecule has 2 aromatic carbocycles. The molecular weight excluding hydrogens is 497 g/mol. The number of alkyl halides is 6. The largest absolute Gasteiger partial charge is 0.423 e. The van der Waals surface area contributed by atoms with Crippen LogP contribution in [0.15, 0.2) is 58.5 Å². The average Bonchev–Trinajstić information content (AvgIpc) is 2.73. The molecule has 1 unspecified atom stereocenters. The Morgan fingerprint density at radius 1 is 0.941 bits per heavy atom. The lowest BCUT2D eigenvalue weighted by Crippen LogP contribution is -2.73. The fourth-order valence-corrected chi connectivity index (χ4v) is 3.78. The molecule has 0 aliphatic carbocycles. The van der Waals surface area contributed by atoms with E-state index in [2.05, 4.69) is 9.98 Å². The van der Waals surface area contributed by atoms with E-state index in [9.17, 15) is 40.3 Å². The predicted octanol–water partition coefficient (Wildman–Crippen LogP) is 4.87. The molecule has 2 aromatic rings. The Hall–Kier alpha value is -3.48. The van der Waals surface area contributed by atoms with Crippen molar-refractivity contribution in [3.63, 3.8) is 0 Å². The number of nitrogens with zero attached hydrogens (tertiary/aromatic N) is 3. The number of benzene rings is 2. The highest BCUT2D eigenvalue weighted by molar-refractivity contribution is 6.33. The standard InChI is InChI=1S/C20H10ClF7N4O2/c21-9-5-7-10(8-6-9)32-15-13(16(33)30-17(32)34)18(19(23,24)25,20(26,27)28)31-14(29-15)11-3-1-2-4-12(11)22/h1-8,13H,(H,30,33,34). The zero-order valence-corrected chi connectivity index (χ0v) is 17.1. The van der Waals surface area contributed by atoms with Gasteiger partial charge in [-0.15, -0.1) is 0 Å². The second-order valence-electron chi connectivity index (χ2n) is 7.19. The van der Waals surface area contributed by atoms with E-state index < -0.39 is 58.8 Å². The second kappa shape index (κ2) is 7.79. The molecule has 1 fully saturated rings. The van der Waals surface area contributed by atoms with Gasteiger partial charge in [-0.25, -0.2) is 24.1 Å². The lowest BCUT2D eigenvalue weighted by molar-refractivity contribution is -0.302. The summed E-state index contributed by atoms with van der Waals surface area (Å²) in [7, 11) is 0. The minimum atomic E-state index is -6.20. The summed E-state index contributed by atoms with van der Waals surface area (Å²) < 4.78 is 99.7. The lowest BCUT2D eigenvalue weighted by Gasteiger charge is -2.45. The van der Waals surface area contributed by atoms with Crippen LogP contribution in [0.25, 0.3) is 0 Å². The van der Waals surface area contributed by atoms with Crippen molar-refractivity contribution in [3.8, 4) is 0 Å². The minimum Gasteiger partial charge on any atom is -0.277 e. The predicted molar refractivity (Wildman–Crippen MR) is 106 cm³/mol. The molecule has 0 bridgehead atoms. The molecule has 2 heterocycles. The summed E-state index contributed by atoms with van der Waals surface area (Å²) in [5, 5.41) is 1.64. The maximum Gasteiger partial charge on any atom is 0.423 e. The normalized spacial score (nSPS) is 20.4. The molecular formula is C20H10ClF7N4O2. The van der Waals surface area contributed by atoms with Crippen LogP contribution in [-0.4, -0.2) is 41.5 Å². The summed E-state index contributed by atoms with van der Waals surface area (Å²) in [6, 6.07) is 7.24. The van der Waals surface area contributed by atoms with Gasteiger partial charge in [0.25, 0.3) is 5.54 Å². The summed E-state index contributed by atoms with van der Waals surface area (Å²) in [6.07, 6.45) is -12.4. The van der Waals surface area contributed by atoms with Gasteiger partial charge in [0.05, 0.1) is 11.3 Å². The first-order valence-electron chi connectivity index (χ1n) is 9.25. The van der Waals surface area contributed by atoms with Crippen LogP contribution in [0.4, 0.5) is 41.2 Å². The molecule has 0 saturated carbocycles. The summed E-state index contributed by atoms with van der Waals surface area (Å²) >= 11 is 5.77. The summed E-state index contributed by atoms with van der Waals surface area (Å²) in [5.41, 5.74) is -6.10. The van der Waals surface area contributed by atoms with E-state index in [1.165, 1.54) is 17.4 Å². The number of hydrogen-bond donors (Lipinski definition) is 1. The fraction of sp³-hybridized carbons (Fsp3) is 0.200. The summed E-state index contributed by atoms with van der Waals surface area (Å²) in [5.74, 6) is -8.79. The summed E-state index contributed by atoms with van der Waals surface area (Å²) in [4.78, 5) is 31.9. The maximum absolute atomic E-state index is 14.4. The number of carbonyl (C=O) groups is 2. The van der Waals surface area contributed by atoms with E-state index in [0.717, 1.165) is 36.4 Å². The van der Waals surface area contributed by atoms with E-state index in [1.54, 1.807) is 0 Å². The third kappa shape index (κ3) is 3.50. The van der Waals surface area contributed by atoms with Crippen LogP contribution in [0.3, 0.4) is 0 Å². The van der Waals surface area contributed by atoms with Crippen LogP contribution in [0.2, 0.25) is 5.02 Å². The fourth-order valence-electron chi connectivity index (χ4n) is 3.66. The third-order valence-corrected chi connectivity index (χ3v) is 5.42. The number of urea groups is 1. The Kier molecular flexibility index (Phi) is 5.42. The molecule has 0 aromatic heterocycles. The highest BCUT2D eigenvalue weighted by Gasteiger charge is 2.79. The first kappa shape index (κ1) is 23.7. The van der Waals surface area contributed by atoms with Crippen LogP contribution in [0, 0.1) is 11.7 Å². The number of amides is 3. The van der Waals surface area contributed by atoms with Gasteiger partial charge in [-0.05, 0) is 36.4 Å². The van der Waals surface area contributed by atoms with Gasteiger partial charge in [0.15, 0.2) is 5.84 Å². The van der Waals surface area contributed by atoms with Crippen molar-refractivity contribution in [3.05, 3.63) is 64.9 Å². The number of carbonyl (C=O) groups excluding carboxylic acids is 2. The van der Waals surface area contributed by atoms with Gasteiger partial charge in [-0.1, -0.05) is 23.7 Å². The van der Waals surface area contributed by atoms with Gasteiger partial charge in [0, 0.05) is 5.02 Å². The summed E-state index contributed by atoms with van der Waals surface area (Å²) in [6.45, 7) is 0. The van der Waals surface area contributed by atoms with Crippen LogP contribution < -0.4 is 10.2 Å². The first-order chi connectivity index (χ1) is 15.8. The van der Waals surface area contributed by atoms with E-state index in [1.807, 2.05) is 0 Å². The van der Waals surface area contributed by atoms with E-state index in [-0.39, 0.29) is 10.7 Å². The third-order valence-electron chi connectivity index (χ3n) is 5.17. The van der Waals surface area contributed by atoms with Crippen molar-refractivity contribution in [2.75, 3.05) is 4.90 Å². The average molecular weight is 507 g/mol. The number of anilines is 1. The highest BCUT2D eigenvalue weighted by atomic mass is 35.5. The Labute approximate surface area is 190 Å². The van der Waals surface area contributed by atoms with Crippen molar-refractivity contribution in [2.24, 2.45) is 15.9 Å². The van der Waals surface area contributed by atoms with Crippen LogP contribution in [0.5, 0.6) is 0 Å².